The number of aromatic nitrogens is 1. The van der Waals surface area contributed by atoms with E-state index in [-0.39, 0.29) is 11.9 Å². The Morgan fingerprint density at radius 2 is 2.29 bits per heavy atom. The third-order valence-electron chi connectivity index (χ3n) is 3.61. The second-order valence-corrected chi connectivity index (χ2v) is 5.99. The molecule has 1 aliphatic carbocycles. The molecule has 2 aromatic heterocycles. The van der Waals surface area contributed by atoms with E-state index in [9.17, 15) is 9.59 Å². The summed E-state index contributed by atoms with van der Waals surface area (Å²) in [6, 6.07) is 3.23. The molecule has 2 heterocycles. The Bertz CT molecular complexity index is 650. The van der Waals surface area contributed by atoms with E-state index in [4.69, 9.17) is 9.52 Å². The van der Waals surface area contributed by atoms with Crippen LogP contribution in [0.4, 0.5) is 0 Å². The number of thiazole rings is 1. The van der Waals surface area contributed by atoms with Crippen molar-refractivity contribution in [2.45, 2.75) is 25.3 Å². The van der Waals surface area contributed by atoms with E-state index in [2.05, 4.69) is 10.3 Å². The maximum atomic E-state index is 12.2. The summed E-state index contributed by atoms with van der Waals surface area (Å²) in [6.45, 7) is 0. The van der Waals surface area contributed by atoms with Gasteiger partial charge in [0.1, 0.15) is 4.88 Å². The molecule has 0 spiro atoms. The monoisotopic (exact) mass is 306 g/mol. The van der Waals surface area contributed by atoms with Gasteiger partial charge in [-0.05, 0) is 25.0 Å². The van der Waals surface area contributed by atoms with Gasteiger partial charge in [-0.15, -0.1) is 11.3 Å². The van der Waals surface area contributed by atoms with Crippen LogP contribution in [0.15, 0.2) is 29.0 Å². The van der Waals surface area contributed by atoms with Gasteiger partial charge in [-0.2, -0.15) is 0 Å². The van der Waals surface area contributed by atoms with Gasteiger partial charge < -0.3 is 14.8 Å². The van der Waals surface area contributed by atoms with Crippen LogP contribution in [0.2, 0.25) is 0 Å². The molecule has 2 aromatic rings. The first-order chi connectivity index (χ1) is 10.1. The molecule has 2 unspecified atom stereocenters. The number of carbonyl (C=O) groups is 2. The average Bonchev–Trinajstić information content (AvgIpc) is 3.19. The molecule has 3 rings (SSSR count). The van der Waals surface area contributed by atoms with Gasteiger partial charge in [0.2, 0.25) is 0 Å². The molecule has 6 nitrogen and oxygen atoms in total. The zero-order chi connectivity index (χ0) is 14.8. The topological polar surface area (TPSA) is 92.4 Å². The molecule has 1 amide bonds. The molecule has 0 aromatic carbocycles. The van der Waals surface area contributed by atoms with Gasteiger partial charge in [0, 0.05) is 6.04 Å². The summed E-state index contributed by atoms with van der Waals surface area (Å²) in [5.41, 5.74) is 0. The van der Waals surface area contributed by atoms with Gasteiger partial charge in [-0.1, -0.05) is 6.42 Å². The Balaban J connectivity index is 1.70. The Morgan fingerprint density at radius 3 is 3.00 bits per heavy atom. The minimum atomic E-state index is -0.849. The summed E-state index contributed by atoms with van der Waals surface area (Å²) >= 11 is 1.23. The Kier molecular flexibility index (Phi) is 3.74. The third kappa shape index (κ3) is 2.82. The number of amides is 1. The van der Waals surface area contributed by atoms with Crippen LogP contribution in [-0.2, 0) is 4.79 Å². The van der Waals surface area contributed by atoms with Crippen LogP contribution in [0, 0.1) is 5.92 Å². The minimum Gasteiger partial charge on any atom is -0.481 e. The predicted octanol–water partition coefficient (Wildman–Crippen LogP) is 2.39. The lowest BCUT2D eigenvalue weighted by atomic mass is 10.0. The average molecular weight is 306 g/mol. The number of hydrogen-bond donors (Lipinski definition) is 2. The molecule has 0 saturated heterocycles. The normalized spacial score (nSPS) is 21.3. The zero-order valence-corrected chi connectivity index (χ0v) is 11.9. The van der Waals surface area contributed by atoms with E-state index < -0.39 is 11.9 Å². The summed E-state index contributed by atoms with van der Waals surface area (Å²) < 4.78 is 5.23. The summed E-state index contributed by atoms with van der Waals surface area (Å²) in [4.78, 5) is 27.9. The molecule has 1 aliphatic rings. The van der Waals surface area contributed by atoms with Crippen molar-refractivity contribution >= 4 is 23.2 Å². The number of carboxylic acid groups (broad SMARTS) is 1. The van der Waals surface area contributed by atoms with Crippen LogP contribution in [0.25, 0.3) is 10.8 Å². The number of carbonyl (C=O) groups excluding carboxylic acids is 1. The molecule has 1 saturated carbocycles. The Hall–Kier alpha value is -2.15. The van der Waals surface area contributed by atoms with Gasteiger partial charge in [-0.25, -0.2) is 4.98 Å². The maximum Gasteiger partial charge on any atom is 0.308 e. The quantitative estimate of drug-likeness (QED) is 0.904. The van der Waals surface area contributed by atoms with Crippen molar-refractivity contribution in [1.82, 2.24) is 10.3 Å². The number of rotatable bonds is 4. The van der Waals surface area contributed by atoms with E-state index in [1.807, 2.05) is 0 Å². The highest BCUT2D eigenvalue weighted by Gasteiger charge is 2.34. The molecule has 110 valence electrons. The Labute approximate surface area is 124 Å². The molecule has 1 fully saturated rings. The fraction of sp³-hybridized carbons (Fsp3) is 0.357. The number of aliphatic carboxylic acids is 1. The zero-order valence-electron chi connectivity index (χ0n) is 11.1. The number of hydrogen-bond acceptors (Lipinski definition) is 5. The summed E-state index contributed by atoms with van der Waals surface area (Å²) in [6.07, 6.45) is 5.17. The van der Waals surface area contributed by atoms with Crippen molar-refractivity contribution in [3.8, 4) is 10.8 Å². The maximum absolute atomic E-state index is 12.2. The van der Waals surface area contributed by atoms with Crippen molar-refractivity contribution in [2.75, 3.05) is 0 Å². The summed E-state index contributed by atoms with van der Waals surface area (Å²) in [5.74, 6) is -1.00. The van der Waals surface area contributed by atoms with E-state index in [0.29, 0.717) is 28.5 Å². The first-order valence-corrected chi connectivity index (χ1v) is 7.50. The number of carboxylic acids is 1. The van der Waals surface area contributed by atoms with Crippen LogP contribution in [-0.4, -0.2) is 28.0 Å². The highest BCUT2D eigenvalue weighted by molar-refractivity contribution is 7.16. The van der Waals surface area contributed by atoms with Crippen LogP contribution in [0.3, 0.4) is 0 Å². The third-order valence-corrected chi connectivity index (χ3v) is 4.62. The highest BCUT2D eigenvalue weighted by Crippen LogP contribution is 2.28. The molecule has 2 atom stereocenters. The lowest BCUT2D eigenvalue weighted by Gasteiger charge is -2.16. The van der Waals surface area contributed by atoms with Crippen molar-refractivity contribution in [3.05, 3.63) is 29.5 Å². The lowest BCUT2D eigenvalue weighted by Crippen LogP contribution is -2.39. The standard InChI is InChI=1S/C14H14N2O4S/c17-12(16-9-4-1-3-8(9)14(18)19)11-7-15-13(21-11)10-5-2-6-20-10/h2,5-9H,1,3-4H2,(H,16,17)(H,18,19). The first-order valence-electron chi connectivity index (χ1n) is 6.68. The number of nitrogens with zero attached hydrogens (tertiary/aromatic N) is 1. The minimum absolute atomic E-state index is 0.275. The van der Waals surface area contributed by atoms with Gasteiger partial charge in [-0.3, -0.25) is 9.59 Å². The molecule has 0 bridgehead atoms. The largest absolute Gasteiger partial charge is 0.481 e. The first kappa shape index (κ1) is 13.8. The van der Waals surface area contributed by atoms with Gasteiger partial charge in [0.25, 0.3) is 5.91 Å². The van der Waals surface area contributed by atoms with E-state index >= 15 is 0 Å². The Morgan fingerprint density at radius 1 is 1.43 bits per heavy atom. The molecule has 0 radical (unpaired) electrons. The van der Waals surface area contributed by atoms with Gasteiger partial charge in [0.05, 0.1) is 18.4 Å². The second-order valence-electron chi connectivity index (χ2n) is 4.96. The summed E-state index contributed by atoms with van der Waals surface area (Å²) in [5, 5.41) is 12.6. The molecule has 0 aliphatic heterocycles. The van der Waals surface area contributed by atoms with Crippen LogP contribution >= 0.6 is 11.3 Å². The number of nitrogens with one attached hydrogen (secondary N) is 1. The van der Waals surface area contributed by atoms with Crippen molar-refractivity contribution in [1.29, 1.82) is 0 Å². The molecular formula is C14H14N2O4S. The van der Waals surface area contributed by atoms with E-state index in [1.165, 1.54) is 17.5 Å². The molecule has 7 heteroatoms. The molecular weight excluding hydrogens is 292 g/mol. The van der Waals surface area contributed by atoms with Crippen molar-refractivity contribution < 1.29 is 19.1 Å². The van der Waals surface area contributed by atoms with E-state index in [0.717, 1.165) is 6.42 Å². The summed E-state index contributed by atoms with van der Waals surface area (Å²) in [7, 11) is 0. The fourth-order valence-corrected chi connectivity index (χ4v) is 3.35. The van der Waals surface area contributed by atoms with Crippen LogP contribution in [0.1, 0.15) is 28.9 Å². The number of furan rings is 1. The second kappa shape index (κ2) is 5.69. The van der Waals surface area contributed by atoms with Crippen LogP contribution in [0.5, 0.6) is 0 Å². The van der Waals surface area contributed by atoms with Crippen molar-refractivity contribution in [3.63, 3.8) is 0 Å². The van der Waals surface area contributed by atoms with Crippen molar-refractivity contribution in [2.24, 2.45) is 5.92 Å². The van der Waals surface area contributed by atoms with Gasteiger partial charge >= 0.3 is 5.97 Å². The van der Waals surface area contributed by atoms with E-state index in [1.54, 1.807) is 18.4 Å². The highest BCUT2D eigenvalue weighted by atomic mass is 32.1. The smallest absolute Gasteiger partial charge is 0.308 e. The molecule has 2 N–H and O–H groups in total. The lowest BCUT2D eigenvalue weighted by molar-refractivity contribution is -0.142. The SMILES string of the molecule is O=C(NC1CCCC1C(=O)O)c1cnc(-c2ccco2)s1. The van der Waals surface area contributed by atoms with Crippen LogP contribution < -0.4 is 5.32 Å². The van der Waals surface area contributed by atoms with Gasteiger partial charge in [0.15, 0.2) is 10.8 Å². The molecule has 21 heavy (non-hydrogen) atoms. The predicted molar refractivity (Wildman–Crippen MR) is 76.0 cm³/mol. The fourth-order valence-electron chi connectivity index (χ4n) is 2.56.